The molecule has 2 fully saturated rings. The molecule has 0 radical (unpaired) electrons. The van der Waals surface area contributed by atoms with Gasteiger partial charge in [0.25, 0.3) is 5.91 Å². The third kappa shape index (κ3) is 3.31. The molecule has 2 aliphatic heterocycles. The van der Waals surface area contributed by atoms with Gasteiger partial charge in [0.2, 0.25) is 0 Å². The zero-order valence-corrected chi connectivity index (χ0v) is 15.2. The van der Waals surface area contributed by atoms with Crippen molar-refractivity contribution in [3.05, 3.63) is 39.3 Å². The second-order valence-corrected chi connectivity index (χ2v) is 8.12. The Kier molecular flexibility index (Phi) is 4.52. The summed E-state index contributed by atoms with van der Waals surface area (Å²) in [6, 6.07) is 6.72. The van der Waals surface area contributed by atoms with Gasteiger partial charge in [-0.2, -0.15) is 0 Å². The van der Waals surface area contributed by atoms with E-state index < -0.39 is 0 Å². The fourth-order valence-corrected chi connectivity index (χ4v) is 4.67. The Morgan fingerprint density at radius 1 is 1.21 bits per heavy atom. The smallest absolute Gasteiger partial charge is 0.270 e. The fourth-order valence-electron chi connectivity index (χ4n) is 3.57. The van der Waals surface area contributed by atoms with Crippen molar-refractivity contribution in [2.45, 2.75) is 43.8 Å². The van der Waals surface area contributed by atoms with Crippen LogP contribution in [0.25, 0.3) is 10.6 Å². The van der Waals surface area contributed by atoms with Gasteiger partial charge in [0, 0.05) is 29.1 Å². The topological polar surface area (TPSA) is 54.0 Å². The Morgan fingerprint density at radius 2 is 1.96 bits per heavy atom. The van der Waals surface area contributed by atoms with Gasteiger partial charge < -0.3 is 10.6 Å². The monoisotopic (exact) mass is 381 g/mol. The van der Waals surface area contributed by atoms with Crippen LogP contribution in [-0.2, 0) is 0 Å². The molecule has 3 heterocycles. The van der Waals surface area contributed by atoms with E-state index in [-0.39, 0.29) is 11.9 Å². The maximum Gasteiger partial charge on any atom is 0.270 e. The summed E-state index contributed by atoms with van der Waals surface area (Å²) in [6.07, 6.45) is 4.45. The molecule has 24 heavy (non-hydrogen) atoms. The van der Waals surface area contributed by atoms with Gasteiger partial charge in [0.15, 0.2) is 0 Å². The molecule has 2 bridgehead atoms. The minimum atomic E-state index is -0.0936. The van der Waals surface area contributed by atoms with Gasteiger partial charge in [0.1, 0.15) is 10.7 Å². The molecule has 2 saturated heterocycles. The van der Waals surface area contributed by atoms with Crippen molar-refractivity contribution >= 4 is 40.4 Å². The first kappa shape index (κ1) is 16.3. The summed E-state index contributed by atoms with van der Waals surface area (Å²) >= 11 is 13.4. The maximum absolute atomic E-state index is 12.5. The molecule has 1 amide bonds. The number of benzene rings is 1. The Hall–Kier alpha value is -1.14. The molecule has 2 aromatic rings. The third-order valence-electron chi connectivity index (χ3n) is 4.71. The molecule has 126 valence electrons. The average molecular weight is 382 g/mol. The first-order valence-corrected chi connectivity index (χ1v) is 9.70. The first-order valence-electron chi connectivity index (χ1n) is 8.06. The summed E-state index contributed by atoms with van der Waals surface area (Å²) in [7, 11) is 0. The quantitative estimate of drug-likeness (QED) is 0.839. The van der Waals surface area contributed by atoms with Crippen LogP contribution in [0.3, 0.4) is 0 Å². The number of hydrogen-bond acceptors (Lipinski definition) is 4. The molecule has 4 nitrogen and oxygen atoms in total. The van der Waals surface area contributed by atoms with E-state index in [0.29, 0.717) is 27.8 Å². The molecule has 0 aliphatic carbocycles. The summed E-state index contributed by atoms with van der Waals surface area (Å²) < 4.78 is 0. The Labute approximate surface area is 154 Å². The lowest BCUT2D eigenvalue weighted by molar-refractivity contribution is 0.0919. The first-order chi connectivity index (χ1) is 11.6. The van der Waals surface area contributed by atoms with E-state index in [2.05, 4.69) is 15.6 Å². The van der Waals surface area contributed by atoms with Gasteiger partial charge in [-0.25, -0.2) is 4.98 Å². The number of piperidine rings is 1. The number of nitrogens with zero attached hydrogens (tertiary/aromatic N) is 1. The van der Waals surface area contributed by atoms with Crippen LogP contribution in [0.15, 0.2) is 23.6 Å². The highest BCUT2D eigenvalue weighted by Gasteiger charge is 2.34. The van der Waals surface area contributed by atoms with Crippen LogP contribution >= 0.6 is 34.5 Å². The largest absolute Gasteiger partial charge is 0.348 e. The molecule has 0 saturated carbocycles. The van der Waals surface area contributed by atoms with Crippen molar-refractivity contribution in [2.24, 2.45) is 0 Å². The Morgan fingerprint density at radius 3 is 2.67 bits per heavy atom. The van der Waals surface area contributed by atoms with Crippen LogP contribution in [0.5, 0.6) is 0 Å². The number of fused-ring (bicyclic) bond motifs is 2. The van der Waals surface area contributed by atoms with Crippen LogP contribution < -0.4 is 10.6 Å². The van der Waals surface area contributed by atoms with Crippen LogP contribution in [0.4, 0.5) is 0 Å². The third-order valence-corrected chi connectivity index (χ3v) is 6.34. The van der Waals surface area contributed by atoms with Gasteiger partial charge in [-0.1, -0.05) is 29.3 Å². The van der Waals surface area contributed by atoms with E-state index in [1.54, 1.807) is 17.5 Å². The zero-order valence-electron chi connectivity index (χ0n) is 12.9. The molecular weight excluding hydrogens is 365 g/mol. The van der Waals surface area contributed by atoms with Gasteiger partial charge >= 0.3 is 0 Å². The molecule has 2 unspecified atom stereocenters. The normalized spacial score (nSPS) is 25.7. The molecule has 4 rings (SSSR count). The lowest BCUT2D eigenvalue weighted by atomic mass is 10.00. The number of aromatic nitrogens is 1. The number of amides is 1. The standard InChI is InChI=1S/C17H17Cl2N3OS/c18-13-4-1-9(5-14(13)19)17-22-15(8-24-17)16(23)21-12-6-10-2-3-11(7-12)20-10/h1,4-5,8,10-12,20H,2-3,6-7H2,(H,21,23). The number of carbonyl (C=O) groups is 1. The van der Waals surface area contributed by atoms with E-state index in [4.69, 9.17) is 23.2 Å². The summed E-state index contributed by atoms with van der Waals surface area (Å²) in [5.41, 5.74) is 1.33. The summed E-state index contributed by atoms with van der Waals surface area (Å²) in [5, 5.41) is 10.3. The molecule has 2 atom stereocenters. The van der Waals surface area contributed by atoms with Crippen molar-refractivity contribution in [3.63, 3.8) is 0 Å². The summed E-state index contributed by atoms with van der Waals surface area (Å²) in [5.74, 6) is -0.0936. The Bertz CT molecular complexity index is 767. The lowest BCUT2D eigenvalue weighted by Crippen LogP contribution is -2.48. The van der Waals surface area contributed by atoms with Crippen molar-refractivity contribution in [1.82, 2.24) is 15.6 Å². The van der Waals surface area contributed by atoms with Gasteiger partial charge in [0.05, 0.1) is 10.0 Å². The van der Waals surface area contributed by atoms with Gasteiger partial charge in [-0.15, -0.1) is 11.3 Å². The molecule has 1 aromatic heterocycles. The highest BCUT2D eigenvalue weighted by Crippen LogP contribution is 2.31. The Balaban J connectivity index is 1.46. The van der Waals surface area contributed by atoms with Gasteiger partial charge in [-0.05, 0) is 37.8 Å². The van der Waals surface area contributed by atoms with Crippen molar-refractivity contribution in [3.8, 4) is 10.6 Å². The number of nitrogens with one attached hydrogen (secondary N) is 2. The summed E-state index contributed by atoms with van der Waals surface area (Å²) in [4.78, 5) is 16.9. The molecule has 2 N–H and O–H groups in total. The van der Waals surface area contributed by atoms with Gasteiger partial charge in [-0.3, -0.25) is 4.79 Å². The minimum Gasteiger partial charge on any atom is -0.348 e. The minimum absolute atomic E-state index is 0.0936. The number of carbonyl (C=O) groups excluding carboxylic acids is 1. The molecule has 7 heteroatoms. The van der Waals surface area contributed by atoms with Crippen LogP contribution in [0.1, 0.15) is 36.2 Å². The number of halogens is 2. The number of thiazole rings is 1. The molecule has 0 spiro atoms. The highest BCUT2D eigenvalue weighted by atomic mass is 35.5. The molecule has 2 aliphatic rings. The maximum atomic E-state index is 12.5. The second-order valence-electron chi connectivity index (χ2n) is 6.45. The zero-order chi connectivity index (χ0) is 16.7. The van der Waals surface area contributed by atoms with Crippen molar-refractivity contribution < 1.29 is 4.79 Å². The molecule has 1 aromatic carbocycles. The van der Waals surface area contributed by atoms with E-state index in [0.717, 1.165) is 23.4 Å². The molecular formula is C17H17Cl2N3OS. The highest BCUT2D eigenvalue weighted by molar-refractivity contribution is 7.13. The fraction of sp³-hybridized carbons (Fsp3) is 0.412. The SMILES string of the molecule is O=C(NC1CC2CCC(C1)N2)c1csc(-c2ccc(Cl)c(Cl)c2)n1. The van der Waals surface area contributed by atoms with E-state index in [1.807, 2.05) is 6.07 Å². The predicted molar refractivity (Wildman–Crippen MR) is 98.0 cm³/mol. The average Bonchev–Trinajstić information content (AvgIpc) is 3.17. The van der Waals surface area contributed by atoms with E-state index >= 15 is 0 Å². The van der Waals surface area contributed by atoms with Crippen LogP contribution in [-0.4, -0.2) is 29.0 Å². The number of rotatable bonds is 3. The lowest BCUT2D eigenvalue weighted by Gasteiger charge is -2.29. The summed E-state index contributed by atoms with van der Waals surface area (Å²) in [6.45, 7) is 0. The van der Waals surface area contributed by atoms with E-state index in [9.17, 15) is 4.79 Å². The second kappa shape index (κ2) is 6.64. The van der Waals surface area contributed by atoms with Crippen molar-refractivity contribution in [2.75, 3.05) is 0 Å². The van der Waals surface area contributed by atoms with Crippen LogP contribution in [0, 0.1) is 0 Å². The van der Waals surface area contributed by atoms with Crippen molar-refractivity contribution in [1.29, 1.82) is 0 Å². The predicted octanol–water partition coefficient (Wildman–Crippen LogP) is 4.13. The number of hydrogen-bond donors (Lipinski definition) is 2. The van der Waals surface area contributed by atoms with E-state index in [1.165, 1.54) is 24.2 Å². The van der Waals surface area contributed by atoms with Crippen LogP contribution in [0.2, 0.25) is 10.0 Å².